The third-order valence-electron chi connectivity index (χ3n) is 3.57. The van der Waals surface area contributed by atoms with E-state index in [0.29, 0.717) is 0 Å². The van der Waals surface area contributed by atoms with Gasteiger partial charge in [0, 0.05) is 30.4 Å². The molecule has 0 radical (unpaired) electrons. The molecule has 1 aliphatic heterocycles. The molecular weight excluding hydrogens is 256 g/mol. The van der Waals surface area contributed by atoms with Crippen LogP contribution >= 0.6 is 11.8 Å². The summed E-state index contributed by atoms with van der Waals surface area (Å²) in [4.78, 5) is 2.43. The molecule has 0 spiro atoms. The largest absolute Gasteiger partial charge is 0.492 e. The second kappa shape index (κ2) is 7.78. The quantitative estimate of drug-likeness (QED) is 0.828. The summed E-state index contributed by atoms with van der Waals surface area (Å²) in [6.45, 7) is 2.61. The number of benzene rings is 1. The van der Waals surface area contributed by atoms with Gasteiger partial charge < -0.3 is 10.1 Å². The van der Waals surface area contributed by atoms with E-state index in [0.717, 1.165) is 31.5 Å². The van der Waals surface area contributed by atoms with Gasteiger partial charge in [0.1, 0.15) is 12.4 Å². The Hall–Kier alpha value is -0.710. The van der Waals surface area contributed by atoms with Gasteiger partial charge >= 0.3 is 0 Å². The predicted octanol–water partition coefficient (Wildman–Crippen LogP) is 2.22. The van der Waals surface area contributed by atoms with Crippen molar-refractivity contribution in [2.45, 2.75) is 19.0 Å². The van der Waals surface area contributed by atoms with Crippen LogP contribution in [-0.4, -0.2) is 49.7 Å². The highest BCUT2D eigenvalue weighted by atomic mass is 32.2. The van der Waals surface area contributed by atoms with Crippen LogP contribution in [0.15, 0.2) is 24.3 Å². The van der Waals surface area contributed by atoms with Crippen LogP contribution < -0.4 is 10.1 Å². The van der Waals surface area contributed by atoms with E-state index in [4.69, 9.17) is 4.74 Å². The van der Waals surface area contributed by atoms with E-state index in [2.05, 4.69) is 47.2 Å². The van der Waals surface area contributed by atoms with E-state index in [1.54, 1.807) is 0 Å². The summed E-state index contributed by atoms with van der Waals surface area (Å²) < 4.78 is 5.93. The van der Waals surface area contributed by atoms with Gasteiger partial charge in [0.25, 0.3) is 0 Å². The van der Waals surface area contributed by atoms with Crippen molar-refractivity contribution >= 4 is 11.8 Å². The van der Waals surface area contributed by atoms with Gasteiger partial charge in [-0.2, -0.15) is 11.8 Å². The van der Waals surface area contributed by atoms with Crippen molar-refractivity contribution in [2.75, 3.05) is 38.8 Å². The molecule has 2 rings (SSSR count). The Morgan fingerprint density at radius 2 is 2.26 bits per heavy atom. The van der Waals surface area contributed by atoms with Gasteiger partial charge in [-0.1, -0.05) is 18.2 Å². The molecule has 0 bridgehead atoms. The zero-order valence-corrected chi connectivity index (χ0v) is 12.7. The zero-order chi connectivity index (χ0) is 13.5. The second-order valence-corrected chi connectivity index (χ2v) is 6.13. The van der Waals surface area contributed by atoms with Gasteiger partial charge in [-0.05, 0) is 32.3 Å². The minimum atomic E-state index is 0.737. The van der Waals surface area contributed by atoms with Crippen LogP contribution in [0, 0.1) is 0 Å². The fraction of sp³-hybridized carbons (Fsp3) is 0.600. The molecule has 4 heteroatoms. The SMILES string of the molecule is CNCc1ccccc1OCCN(C)C1CCSC1. The molecule has 106 valence electrons. The predicted molar refractivity (Wildman–Crippen MR) is 83.1 cm³/mol. The van der Waals surface area contributed by atoms with E-state index < -0.39 is 0 Å². The van der Waals surface area contributed by atoms with E-state index in [9.17, 15) is 0 Å². The van der Waals surface area contributed by atoms with Gasteiger partial charge in [0.05, 0.1) is 0 Å². The minimum Gasteiger partial charge on any atom is -0.492 e. The first-order valence-corrected chi connectivity index (χ1v) is 8.10. The van der Waals surface area contributed by atoms with Crippen molar-refractivity contribution in [2.24, 2.45) is 0 Å². The van der Waals surface area contributed by atoms with Gasteiger partial charge in [-0.15, -0.1) is 0 Å². The highest BCUT2D eigenvalue weighted by Gasteiger charge is 2.19. The molecule has 1 aromatic carbocycles. The molecule has 1 fully saturated rings. The lowest BCUT2D eigenvalue weighted by molar-refractivity contribution is 0.201. The summed E-state index contributed by atoms with van der Waals surface area (Å²) in [7, 11) is 4.17. The first kappa shape index (κ1) is 14.7. The molecule has 1 atom stereocenters. The van der Waals surface area contributed by atoms with Crippen molar-refractivity contribution < 1.29 is 4.74 Å². The van der Waals surface area contributed by atoms with E-state index >= 15 is 0 Å². The lowest BCUT2D eigenvalue weighted by Crippen LogP contribution is -2.34. The van der Waals surface area contributed by atoms with E-state index in [1.165, 1.54) is 23.5 Å². The van der Waals surface area contributed by atoms with Gasteiger partial charge in [0.2, 0.25) is 0 Å². The number of hydrogen-bond acceptors (Lipinski definition) is 4. The van der Waals surface area contributed by atoms with Crippen LogP contribution in [0.1, 0.15) is 12.0 Å². The summed E-state index contributed by atoms with van der Waals surface area (Å²) >= 11 is 2.06. The number of nitrogens with zero attached hydrogens (tertiary/aromatic N) is 1. The molecular formula is C15H24N2OS. The van der Waals surface area contributed by atoms with Crippen LogP contribution in [0.25, 0.3) is 0 Å². The number of rotatable bonds is 7. The Bertz CT molecular complexity index is 380. The van der Waals surface area contributed by atoms with Crippen molar-refractivity contribution in [1.29, 1.82) is 0 Å². The fourth-order valence-corrected chi connectivity index (χ4v) is 3.63. The third-order valence-corrected chi connectivity index (χ3v) is 4.72. The Kier molecular flexibility index (Phi) is 6.01. The maximum absolute atomic E-state index is 5.93. The summed E-state index contributed by atoms with van der Waals surface area (Å²) in [6, 6.07) is 9.00. The molecule has 3 nitrogen and oxygen atoms in total. The molecule has 0 aliphatic carbocycles. The van der Waals surface area contributed by atoms with Crippen LogP contribution in [0.3, 0.4) is 0 Å². The second-order valence-electron chi connectivity index (χ2n) is 4.98. The molecule has 0 amide bonds. The molecule has 0 aromatic heterocycles. The molecule has 1 N–H and O–H groups in total. The summed E-state index contributed by atoms with van der Waals surface area (Å²) in [5, 5.41) is 3.18. The number of likely N-dealkylation sites (N-methyl/N-ethyl adjacent to an activating group) is 1. The Labute approximate surface area is 120 Å². The molecule has 1 saturated heterocycles. The third kappa shape index (κ3) is 4.41. The summed E-state index contributed by atoms with van der Waals surface area (Å²) in [6.07, 6.45) is 1.32. The number of hydrogen-bond donors (Lipinski definition) is 1. The molecule has 1 unspecified atom stereocenters. The highest BCUT2D eigenvalue weighted by molar-refractivity contribution is 7.99. The molecule has 1 aliphatic rings. The van der Waals surface area contributed by atoms with Crippen LogP contribution in [-0.2, 0) is 6.54 Å². The molecule has 1 aromatic rings. The zero-order valence-electron chi connectivity index (χ0n) is 11.9. The Balaban J connectivity index is 1.78. The molecule has 1 heterocycles. The van der Waals surface area contributed by atoms with Crippen molar-refractivity contribution in [3.05, 3.63) is 29.8 Å². The Morgan fingerprint density at radius 3 is 3.00 bits per heavy atom. The van der Waals surface area contributed by atoms with E-state index in [-0.39, 0.29) is 0 Å². The average molecular weight is 280 g/mol. The van der Waals surface area contributed by atoms with Crippen molar-refractivity contribution in [3.8, 4) is 5.75 Å². The first-order valence-electron chi connectivity index (χ1n) is 6.94. The van der Waals surface area contributed by atoms with Crippen LogP contribution in [0.4, 0.5) is 0 Å². The normalized spacial score (nSPS) is 19.0. The van der Waals surface area contributed by atoms with Gasteiger partial charge in [0.15, 0.2) is 0 Å². The fourth-order valence-electron chi connectivity index (χ4n) is 2.33. The maximum Gasteiger partial charge on any atom is 0.123 e. The van der Waals surface area contributed by atoms with Crippen molar-refractivity contribution in [3.63, 3.8) is 0 Å². The number of nitrogens with one attached hydrogen (secondary N) is 1. The molecule has 19 heavy (non-hydrogen) atoms. The molecule has 0 saturated carbocycles. The standard InChI is InChI=1S/C15H24N2OS/c1-16-11-13-5-3-4-6-15(13)18-9-8-17(2)14-7-10-19-12-14/h3-6,14,16H,7-12H2,1-2H3. The lowest BCUT2D eigenvalue weighted by atomic mass is 10.2. The highest BCUT2D eigenvalue weighted by Crippen LogP contribution is 2.21. The van der Waals surface area contributed by atoms with Gasteiger partial charge in [-0.3, -0.25) is 4.90 Å². The topological polar surface area (TPSA) is 24.5 Å². The minimum absolute atomic E-state index is 0.737. The summed E-state index contributed by atoms with van der Waals surface area (Å²) in [5.41, 5.74) is 1.23. The maximum atomic E-state index is 5.93. The van der Waals surface area contributed by atoms with Crippen molar-refractivity contribution in [1.82, 2.24) is 10.2 Å². The smallest absolute Gasteiger partial charge is 0.123 e. The lowest BCUT2D eigenvalue weighted by Gasteiger charge is -2.23. The number of thioether (sulfide) groups is 1. The summed E-state index contributed by atoms with van der Waals surface area (Å²) in [5.74, 6) is 3.58. The monoisotopic (exact) mass is 280 g/mol. The first-order chi connectivity index (χ1) is 9.31. The van der Waals surface area contributed by atoms with Crippen LogP contribution in [0.5, 0.6) is 5.75 Å². The number of ether oxygens (including phenoxy) is 1. The van der Waals surface area contributed by atoms with Crippen LogP contribution in [0.2, 0.25) is 0 Å². The number of para-hydroxylation sites is 1. The van der Waals surface area contributed by atoms with Gasteiger partial charge in [-0.25, -0.2) is 0 Å². The van der Waals surface area contributed by atoms with E-state index in [1.807, 2.05) is 13.1 Å². The average Bonchev–Trinajstić information content (AvgIpc) is 2.95. The Morgan fingerprint density at radius 1 is 1.42 bits per heavy atom.